The number of hydrogen-bond acceptors (Lipinski definition) is 3. The Kier molecular flexibility index (Phi) is 4.08. The van der Waals surface area contributed by atoms with E-state index < -0.39 is 0 Å². The summed E-state index contributed by atoms with van der Waals surface area (Å²) in [4.78, 5) is 6.96. The first-order chi connectivity index (χ1) is 9.69. The maximum absolute atomic E-state index is 4.30. The highest BCUT2D eigenvalue weighted by molar-refractivity contribution is 5.21. The van der Waals surface area contributed by atoms with Crippen LogP contribution in [0.5, 0.6) is 0 Å². The van der Waals surface area contributed by atoms with Crippen molar-refractivity contribution in [2.75, 3.05) is 13.1 Å². The van der Waals surface area contributed by atoms with Crippen LogP contribution in [0.3, 0.4) is 0 Å². The molecule has 1 N–H and O–H groups in total. The van der Waals surface area contributed by atoms with Crippen LogP contribution in [0.25, 0.3) is 0 Å². The summed E-state index contributed by atoms with van der Waals surface area (Å²) >= 11 is 0. The molecule has 3 rings (SSSR count). The van der Waals surface area contributed by atoms with Crippen molar-refractivity contribution in [3.05, 3.63) is 29.6 Å². The van der Waals surface area contributed by atoms with Gasteiger partial charge in [-0.15, -0.1) is 0 Å². The summed E-state index contributed by atoms with van der Waals surface area (Å²) in [6, 6.07) is 2.74. The lowest BCUT2D eigenvalue weighted by atomic mass is 9.79. The number of rotatable bonds is 2. The lowest BCUT2D eigenvalue weighted by Crippen LogP contribution is -2.63. The molecule has 1 unspecified atom stereocenters. The third-order valence-corrected chi connectivity index (χ3v) is 5.23. The van der Waals surface area contributed by atoms with Gasteiger partial charge in [0.25, 0.3) is 0 Å². The molecule has 1 aliphatic carbocycles. The van der Waals surface area contributed by atoms with Gasteiger partial charge < -0.3 is 5.32 Å². The van der Waals surface area contributed by atoms with Crippen molar-refractivity contribution >= 4 is 0 Å². The van der Waals surface area contributed by atoms with Gasteiger partial charge in [-0.05, 0) is 43.9 Å². The fourth-order valence-corrected chi connectivity index (χ4v) is 3.75. The van der Waals surface area contributed by atoms with Gasteiger partial charge in [-0.25, -0.2) is 0 Å². The maximum Gasteiger partial charge on any atom is 0.0315 e. The highest BCUT2D eigenvalue weighted by atomic mass is 15.2. The molecule has 1 aromatic heterocycles. The Labute approximate surface area is 122 Å². The molecular weight excluding hydrogens is 246 g/mol. The second kappa shape index (κ2) is 5.82. The molecule has 3 heteroatoms. The Balaban J connectivity index is 1.72. The molecule has 0 bridgehead atoms. The zero-order chi connectivity index (χ0) is 14.0. The molecule has 2 heterocycles. The van der Waals surface area contributed by atoms with Crippen LogP contribution < -0.4 is 5.32 Å². The van der Waals surface area contributed by atoms with Gasteiger partial charge in [0.2, 0.25) is 0 Å². The minimum atomic E-state index is 0.390. The van der Waals surface area contributed by atoms with Gasteiger partial charge in [-0.3, -0.25) is 9.88 Å². The van der Waals surface area contributed by atoms with Gasteiger partial charge >= 0.3 is 0 Å². The Morgan fingerprint density at radius 1 is 1.35 bits per heavy atom. The number of aryl methyl sites for hydroxylation is 1. The van der Waals surface area contributed by atoms with Gasteiger partial charge in [-0.2, -0.15) is 0 Å². The van der Waals surface area contributed by atoms with E-state index in [0.29, 0.717) is 11.6 Å². The molecule has 3 nitrogen and oxygen atoms in total. The molecule has 0 aromatic carbocycles. The summed E-state index contributed by atoms with van der Waals surface area (Å²) in [5.74, 6) is 0. The van der Waals surface area contributed by atoms with Crippen LogP contribution in [0.4, 0.5) is 0 Å². The maximum atomic E-state index is 4.30. The molecule has 1 aliphatic heterocycles. The first kappa shape index (κ1) is 14.0. The van der Waals surface area contributed by atoms with Crippen LogP contribution in [0.1, 0.15) is 50.2 Å². The normalized spacial score (nSPS) is 26.8. The molecule has 1 aromatic rings. The van der Waals surface area contributed by atoms with Crippen molar-refractivity contribution in [1.82, 2.24) is 15.2 Å². The van der Waals surface area contributed by atoms with E-state index >= 15 is 0 Å². The number of pyridine rings is 1. The molecule has 110 valence electrons. The summed E-state index contributed by atoms with van der Waals surface area (Å²) in [6.45, 7) is 7.90. The summed E-state index contributed by atoms with van der Waals surface area (Å²) < 4.78 is 0. The van der Waals surface area contributed by atoms with Gasteiger partial charge in [0.15, 0.2) is 0 Å². The summed E-state index contributed by atoms with van der Waals surface area (Å²) in [5, 5.41) is 3.86. The lowest BCUT2D eigenvalue weighted by molar-refractivity contribution is 0.0571. The van der Waals surface area contributed by atoms with Crippen molar-refractivity contribution < 1.29 is 0 Å². The first-order valence-corrected chi connectivity index (χ1v) is 8.07. The largest absolute Gasteiger partial charge is 0.308 e. The molecule has 1 saturated heterocycles. The van der Waals surface area contributed by atoms with Crippen LogP contribution in [0.2, 0.25) is 0 Å². The fraction of sp³-hybridized carbons (Fsp3) is 0.706. The lowest BCUT2D eigenvalue weighted by Gasteiger charge is -2.49. The van der Waals surface area contributed by atoms with Crippen molar-refractivity contribution in [1.29, 1.82) is 0 Å². The van der Waals surface area contributed by atoms with Crippen LogP contribution >= 0.6 is 0 Å². The van der Waals surface area contributed by atoms with Crippen molar-refractivity contribution in [2.24, 2.45) is 0 Å². The van der Waals surface area contributed by atoms with Crippen molar-refractivity contribution in [3.8, 4) is 0 Å². The Hall–Kier alpha value is -0.930. The SMILES string of the molecule is Cc1ccncc1CN1CC2(CCCCC2)NCC1C. The summed E-state index contributed by atoms with van der Waals surface area (Å²) in [5.41, 5.74) is 3.14. The number of aromatic nitrogens is 1. The quantitative estimate of drug-likeness (QED) is 0.898. The number of piperazine rings is 1. The fourth-order valence-electron chi connectivity index (χ4n) is 3.75. The summed E-state index contributed by atoms with van der Waals surface area (Å²) in [7, 11) is 0. The molecule has 1 saturated carbocycles. The van der Waals surface area contributed by atoms with Gasteiger partial charge in [0.1, 0.15) is 0 Å². The molecule has 2 aliphatic rings. The number of nitrogens with one attached hydrogen (secondary N) is 1. The predicted molar refractivity (Wildman–Crippen MR) is 82.7 cm³/mol. The molecule has 1 atom stereocenters. The standard InChI is InChI=1S/C17H27N3/c1-14-6-9-18-11-16(14)12-20-13-17(19-10-15(20)2)7-4-3-5-8-17/h6,9,11,15,19H,3-5,7-8,10,12-13H2,1-2H3. The zero-order valence-corrected chi connectivity index (χ0v) is 12.9. The second-order valence-electron chi connectivity index (χ2n) is 6.78. The first-order valence-electron chi connectivity index (χ1n) is 8.07. The van der Waals surface area contributed by atoms with Gasteiger partial charge in [-0.1, -0.05) is 19.3 Å². The molecule has 2 fully saturated rings. The van der Waals surface area contributed by atoms with E-state index in [-0.39, 0.29) is 0 Å². The van der Waals surface area contributed by atoms with E-state index in [0.717, 1.165) is 13.1 Å². The highest BCUT2D eigenvalue weighted by Crippen LogP contribution is 2.32. The average Bonchev–Trinajstić information content (AvgIpc) is 2.47. The smallest absolute Gasteiger partial charge is 0.0315 e. The molecule has 20 heavy (non-hydrogen) atoms. The third-order valence-electron chi connectivity index (χ3n) is 5.23. The molecule has 0 radical (unpaired) electrons. The van der Waals surface area contributed by atoms with E-state index in [1.807, 2.05) is 12.4 Å². The molecule has 0 amide bonds. The third kappa shape index (κ3) is 2.89. The van der Waals surface area contributed by atoms with E-state index in [4.69, 9.17) is 0 Å². The van der Waals surface area contributed by atoms with Crippen molar-refractivity contribution in [3.63, 3.8) is 0 Å². The van der Waals surface area contributed by atoms with E-state index in [1.165, 1.54) is 49.8 Å². The Bertz CT molecular complexity index is 451. The summed E-state index contributed by atoms with van der Waals surface area (Å²) in [6.07, 6.45) is 10.8. The number of hydrogen-bond donors (Lipinski definition) is 1. The molecule has 1 spiro atoms. The molecular formula is C17H27N3. The average molecular weight is 273 g/mol. The monoisotopic (exact) mass is 273 g/mol. The topological polar surface area (TPSA) is 28.2 Å². The minimum Gasteiger partial charge on any atom is -0.308 e. The Morgan fingerprint density at radius 2 is 2.15 bits per heavy atom. The van der Waals surface area contributed by atoms with Crippen LogP contribution in [-0.2, 0) is 6.54 Å². The van der Waals surface area contributed by atoms with Crippen LogP contribution in [-0.4, -0.2) is 34.6 Å². The van der Waals surface area contributed by atoms with Crippen LogP contribution in [0.15, 0.2) is 18.5 Å². The highest BCUT2D eigenvalue weighted by Gasteiger charge is 2.38. The van der Waals surface area contributed by atoms with Gasteiger partial charge in [0, 0.05) is 43.6 Å². The second-order valence-corrected chi connectivity index (χ2v) is 6.78. The van der Waals surface area contributed by atoms with Gasteiger partial charge in [0.05, 0.1) is 0 Å². The minimum absolute atomic E-state index is 0.390. The van der Waals surface area contributed by atoms with E-state index in [1.54, 1.807) is 0 Å². The van der Waals surface area contributed by atoms with Crippen LogP contribution in [0, 0.1) is 6.92 Å². The Morgan fingerprint density at radius 3 is 2.90 bits per heavy atom. The number of nitrogens with zero attached hydrogens (tertiary/aromatic N) is 2. The van der Waals surface area contributed by atoms with Crippen molar-refractivity contribution in [2.45, 2.75) is 64.1 Å². The zero-order valence-electron chi connectivity index (χ0n) is 12.9. The van der Waals surface area contributed by atoms with E-state index in [9.17, 15) is 0 Å². The predicted octanol–water partition coefficient (Wildman–Crippen LogP) is 2.89. The van der Waals surface area contributed by atoms with E-state index in [2.05, 4.69) is 35.1 Å².